The van der Waals surface area contributed by atoms with Gasteiger partial charge in [-0.3, -0.25) is 4.79 Å². The normalized spacial score (nSPS) is 15.7. The summed E-state index contributed by atoms with van der Waals surface area (Å²) < 4.78 is 1.81. The number of carbonyl (C=O) groups excluding carboxylic acids is 1. The molecule has 134 valence electrons. The van der Waals surface area contributed by atoms with Crippen molar-refractivity contribution in [1.82, 2.24) is 20.4 Å². The highest BCUT2D eigenvalue weighted by Gasteiger charge is 2.11. The molecule has 1 heterocycles. The second-order valence-corrected chi connectivity index (χ2v) is 6.79. The van der Waals surface area contributed by atoms with Gasteiger partial charge in [-0.15, -0.1) is 0 Å². The molecule has 1 aromatic heterocycles. The summed E-state index contributed by atoms with van der Waals surface area (Å²) in [5.74, 6) is 0.0782. The van der Waals surface area contributed by atoms with E-state index in [1.807, 2.05) is 41.2 Å². The minimum atomic E-state index is 0.0782. The zero-order valence-corrected chi connectivity index (χ0v) is 14.8. The summed E-state index contributed by atoms with van der Waals surface area (Å²) in [7, 11) is 0. The van der Waals surface area contributed by atoms with Crippen molar-refractivity contribution < 1.29 is 4.79 Å². The van der Waals surface area contributed by atoms with Crippen LogP contribution in [0.5, 0.6) is 0 Å². The lowest BCUT2D eigenvalue weighted by Crippen LogP contribution is -2.37. The first-order chi connectivity index (χ1) is 12.3. The molecule has 5 nitrogen and oxygen atoms in total. The van der Waals surface area contributed by atoms with Crippen molar-refractivity contribution in [3.05, 3.63) is 48.3 Å². The topological polar surface area (TPSA) is 59.0 Å². The maximum atomic E-state index is 12.1. The quantitative estimate of drug-likeness (QED) is 0.602. The fourth-order valence-electron chi connectivity index (χ4n) is 3.40. The molecule has 1 fully saturated rings. The number of nitrogens with zero attached hydrogens (tertiary/aromatic N) is 2. The minimum absolute atomic E-state index is 0.0782. The number of aromatic nitrogens is 2. The fourth-order valence-corrected chi connectivity index (χ4v) is 3.40. The summed E-state index contributed by atoms with van der Waals surface area (Å²) >= 11 is 0. The van der Waals surface area contributed by atoms with Gasteiger partial charge in [-0.25, -0.2) is 4.68 Å². The van der Waals surface area contributed by atoms with Gasteiger partial charge in [0.15, 0.2) is 0 Å². The Balaban J connectivity index is 1.36. The molecule has 1 amide bonds. The van der Waals surface area contributed by atoms with E-state index in [9.17, 15) is 4.79 Å². The molecule has 0 bridgehead atoms. The van der Waals surface area contributed by atoms with Crippen LogP contribution in [0.25, 0.3) is 5.69 Å². The number of benzene rings is 1. The van der Waals surface area contributed by atoms with Crippen LogP contribution in [0.4, 0.5) is 0 Å². The Morgan fingerprint density at radius 1 is 1.08 bits per heavy atom. The standard InChI is InChI=1S/C20H28N4O/c25-20(22-14-13-21-18-6-3-1-2-4-7-18)16-17-8-10-19(11-9-17)24-15-5-12-23-24/h5,8-12,15,18,21H,1-4,6-7,13-14,16H2,(H,22,25). The smallest absolute Gasteiger partial charge is 0.224 e. The van der Waals surface area contributed by atoms with Gasteiger partial charge in [0.05, 0.1) is 12.1 Å². The molecule has 2 N–H and O–H groups in total. The molecule has 25 heavy (non-hydrogen) atoms. The first-order valence-electron chi connectivity index (χ1n) is 9.40. The third-order valence-corrected chi connectivity index (χ3v) is 4.81. The van der Waals surface area contributed by atoms with Gasteiger partial charge in [-0.05, 0) is 36.6 Å². The van der Waals surface area contributed by atoms with E-state index in [0.29, 0.717) is 19.0 Å². The van der Waals surface area contributed by atoms with Crippen LogP contribution in [-0.4, -0.2) is 34.8 Å². The maximum Gasteiger partial charge on any atom is 0.224 e. The first-order valence-corrected chi connectivity index (χ1v) is 9.40. The van der Waals surface area contributed by atoms with Crippen molar-refractivity contribution in [2.45, 2.75) is 51.0 Å². The molecule has 1 saturated carbocycles. The van der Waals surface area contributed by atoms with E-state index in [2.05, 4.69) is 15.7 Å². The zero-order chi connectivity index (χ0) is 17.3. The Bertz CT molecular complexity index is 628. The van der Waals surface area contributed by atoms with Crippen molar-refractivity contribution in [2.75, 3.05) is 13.1 Å². The lowest BCUT2D eigenvalue weighted by atomic mass is 10.1. The van der Waals surface area contributed by atoms with Gasteiger partial charge in [-0.1, -0.05) is 37.8 Å². The Morgan fingerprint density at radius 3 is 2.52 bits per heavy atom. The van der Waals surface area contributed by atoms with Gasteiger partial charge in [0.2, 0.25) is 5.91 Å². The maximum absolute atomic E-state index is 12.1. The zero-order valence-electron chi connectivity index (χ0n) is 14.8. The van der Waals surface area contributed by atoms with E-state index in [1.165, 1.54) is 38.5 Å². The van der Waals surface area contributed by atoms with Gasteiger partial charge < -0.3 is 10.6 Å². The molecule has 1 aliphatic carbocycles. The van der Waals surface area contributed by atoms with Crippen molar-refractivity contribution in [3.8, 4) is 5.69 Å². The molecule has 1 aromatic carbocycles. The van der Waals surface area contributed by atoms with Crippen LogP contribution >= 0.6 is 0 Å². The fraction of sp³-hybridized carbons (Fsp3) is 0.500. The van der Waals surface area contributed by atoms with Crippen molar-refractivity contribution in [3.63, 3.8) is 0 Å². The number of amides is 1. The van der Waals surface area contributed by atoms with Crippen LogP contribution in [0.1, 0.15) is 44.1 Å². The third-order valence-electron chi connectivity index (χ3n) is 4.81. The number of rotatable bonds is 7. The SMILES string of the molecule is O=C(Cc1ccc(-n2cccn2)cc1)NCCNC1CCCCCC1. The molecule has 2 aromatic rings. The molecule has 1 aliphatic rings. The van der Waals surface area contributed by atoms with E-state index >= 15 is 0 Å². The number of hydrogen-bond acceptors (Lipinski definition) is 3. The van der Waals surface area contributed by atoms with Crippen LogP contribution in [0.3, 0.4) is 0 Å². The van der Waals surface area contributed by atoms with Gasteiger partial charge in [-0.2, -0.15) is 5.10 Å². The summed E-state index contributed by atoms with van der Waals surface area (Å²) in [5.41, 5.74) is 2.02. The molecule has 5 heteroatoms. The summed E-state index contributed by atoms with van der Waals surface area (Å²) in [6, 6.07) is 10.5. The monoisotopic (exact) mass is 340 g/mol. The first kappa shape index (κ1) is 17.7. The molecule has 0 atom stereocenters. The highest BCUT2D eigenvalue weighted by Crippen LogP contribution is 2.16. The number of hydrogen-bond donors (Lipinski definition) is 2. The second kappa shape index (κ2) is 9.37. The number of carbonyl (C=O) groups is 1. The molecule has 0 saturated heterocycles. The predicted octanol–water partition coefficient (Wildman–Crippen LogP) is 2.84. The van der Waals surface area contributed by atoms with E-state index in [1.54, 1.807) is 6.20 Å². The molecule has 3 rings (SSSR count). The average molecular weight is 340 g/mol. The van der Waals surface area contributed by atoms with Crippen LogP contribution in [0.15, 0.2) is 42.7 Å². The molecule has 0 unspecified atom stereocenters. The Morgan fingerprint density at radius 2 is 1.84 bits per heavy atom. The highest BCUT2D eigenvalue weighted by atomic mass is 16.1. The van der Waals surface area contributed by atoms with Crippen LogP contribution in [0.2, 0.25) is 0 Å². The van der Waals surface area contributed by atoms with Gasteiger partial charge in [0.25, 0.3) is 0 Å². The predicted molar refractivity (Wildman–Crippen MR) is 99.8 cm³/mol. The second-order valence-electron chi connectivity index (χ2n) is 6.79. The largest absolute Gasteiger partial charge is 0.355 e. The molecular weight excluding hydrogens is 312 g/mol. The molecule has 0 aliphatic heterocycles. The van der Waals surface area contributed by atoms with E-state index in [0.717, 1.165) is 17.8 Å². The van der Waals surface area contributed by atoms with E-state index in [4.69, 9.17) is 0 Å². The average Bonchev–Trinajstić information content (AvgIpc) is 3.04. The Labute approximate surface area is 149 Å². The summed E-state index contributed by atoms with van der Waals surface area (Å²) in [4.78, 5) is 12.1. The summed E-state index contributed by atoms with van der Waals surface area (Å²) in [5, 5.41) is 10.8. The lowest BCUT2D eigenvalue weighted by Gasteiger charge is -2.16. The van der Waals surface area contributed by atoms with E-state index < -0.39 is 0 Å². The highest BCUT2D eigenvalue weighted by molar-refractivity contribution is 5.78. The Kier molecular flexibility index (Phi) is 6.63. The van der Waals surface area contributed by atoms with Gasteiger partial charge in [0, 0.05) is 31.5 Å². The number of nitrogens with one attached hydrogen (secondary N) is 2. The third kappa shape index (κ3) is 5.71. The van der Waals surface area contributed by atoms with Gasteiger partial charge in [0.1, 0.15) is 0 Å². The van der Waals surface area contributed by atoms with Crippen molar-refractivity contribution in [2.24, 2.45) is 0 Å². The summed E-state index contributed by atoms with van der Waals surface area (Å²) in [6.45, 7) is 1.55. The summed E-state index contributed by atoms with van der Waals surface area (Å²) in [6.07, 6.45) is 12.0. The van der Waals surface area contributed by atoms with Crippen LogP contribution < -0.4 is 10.6 Å². The lowest BCUT2D eigenvalue weighted by molar-refractivity contribution is -0.120. The molecule has 0 radical (unpaired) electrons. The minimum Gasteiger partial charge on any atom is -0.355 e. The van der Waals surface area contributed by atoms with Gasteiger partial charge >= 0.3 is 0 Å². The van der Waals surface area contributed by atoms with Crippen LogP contribution in [-0.2, 0) is 11.2 Å². The van der Waals surface area contributed by atoms with Crippen molar-refractivity contribution >= 4 is 5.91 Å². The molecule has 0 spiro atoms. The van der Waals surface area contributed by atoms with Crippen LogP contribution in [0, 0.1) is 0 Å². The van der Waals surface area contributed by atoms with Crippen molar-refractivity contribution in [1.29, 1.82) is 0 Å². The Hall–Kier alpha value is -2.14. The van der Waals surface area contributed by atoms with E-state index in [-0.39, 0.29) is 5.91 Å². The molecular formula is C20H28N4O.